The smallest absolute Gasteiger partial charge is 0.196 e. The van der Waals surface area contributed by atoms with Gasteiger partial charge in [-0.15, -0.1) is 10.2 Å². The molecule has 0 aliphatic carbocycles. The molecule has 0 saturated heterocycles. The Morgan fingerprint density at radius 3 is 2.73 bits per heavy atom. The molecule has 0 fully saturated rings. The van der Waals surface area contributed by atoms with Gasteiger partial charge in [-0.2, -0.15) is 0 Å². The Morgan fingerprint density at radius 1 is 1.19 bits per heavy atom. The van der Waals surface area contributed by atoms with E-state index < -0.39 is 0 Å². The molecule has 0 aliphatic heterocycles. The van der Waals surface area contributed by atoms with Gasteiger partial charge in [0.05, 0.1) is 18.6 Å². The largest absolute Gasteiger partial charge is 0.497 e. The van der Waals surface area contributed by atoms with Gasteiger partial charge in [-0.25, -0.2) is 0 Å². The number of ketones is 1. The van der Waals surface area contributed by atoms with Crippen molar-refractivity contribution < 1.29 is 9.53 Å². The Kier molecular flexibility index (Phi) is 6.07. The molecule has 0 aliphatic rings. The maximum atomic E-state index is 12.5. The van der Waals surface area contributed by atoms with Gasteiger partial charge in [0, 0.05) is 11.6 Å². The number of nitrogens with zero attached hydrogens (tertiary/aromatic N) is 3. The van der Waals surface area contributed by atoms with Gasteiger partial charge in [-0.3, -0.25) is 9.36 Å². The van der Waals surface area contributed by atoms with E-state index >= 15 is 0 Å². The number of hydrogen-bond donors (Lipinski definition) is 0. The van der Waals surface area contributed by atoms with Crippen molar-refractivity contribution in [1.29, 1.82) is 0 Å². The summed E-state index contributed by atoms with van der Waals surface area (Å²) >= 11 is 1.38. The lowest BCUT2D eigenvalue weighted by molar-refractivity contribution is 0.102. The van der Waals surface area contributed by atoms with Gasteiger partial charge in [0.15, 0.2) is 10.9 Å². The Balaban J connectivity index is 1.68. The molecule has 5 nitrogen and oxygen atoms in total. The van der Waals surface area contributed by atoms with E-state index in [1.54, 1.807) is 13.4 Å². The van der Waals surface area contributed by atoms with Crippen LogP contribution >= 0.6 is 11.8 Å². The normalized spacial score (nSPS) is 10.7. The first-order valence-electron chi connectivity index (χ1n) is 8.50. The summed E-state index contributed by atoms with van der Waals surface area (Å²) in [7, 11) is 1.63. The van der Waals surface area contributed by atoms with Gasteiger partial charge in [-0.1, -0.05) is 55.4 Å². The zero-order chi connectivity index (χ0) is 18.4. The predicted octanol–water partition coefficient (Wildman–Crippen LogP) is 4.20. The molecule has 3 rings (SSSR count). The quantitative estimate of drug-likeness (QED) is 0.441. The topological polar surface area (TPSA) is 57.0 Å². The van der Waals surface area contributed by atoms with Crippen LogP contribution in [0.1, 0.15) is 29.3 Å². The summed E-state index contributed by atoms with van der Waals surface area (Å²) in [5, 5.41) is 8.79. The zero-order valence-electron chi connectivity index (χ0n) is 14.9. The third-order valence-corrected chi connectivity index (χ3v) is 4.94. The molecule has 0 atom stereocenters. The number of rotatable bonds is 8. The second kappa shape index (κ2) is 8.67. The van der Waals surface area contributed by atoms with Crippen LogP contribution in [0.15, 0.2) is 60.0 Å². The number of carbonyl (C=O) groups excluding carboxylic acids is 1. The fourth-order valence-corrected chi connectivity index (χ4v) is 3.44. The summed E-state index contributed by atoms with van der Waals surface area (Å²) in [5.41, 5.74) is 2.88. The van der Waals surface area contributed by atoms with Crippen molar-refractivity contribution in [2.24, 2.45) is 0 Å². The Morgan fingerprint density at radius 2 is 2.00 bits per heavy atom. The lowest BCUT2D eigenvalue weighted by Crippen LogP contribution is -2.04. The molecule has 0 saturated carbocycles. The summed E-state index contributed by atoms with van der Waals surface area (Å²) in [4.78, 5) is 12.5. The van der Waals surface area contributed by atoms with E-state index in [1.165, 1.54) is 17.3 Å². The van der Waals surface area contributed by atoms with Crippen LogP contribution in [-0.4, -0.2) is 33.4 Å². The number of Topliss-reactive ketones (excluding diaryl/α,β-unsaturated/α-hetero) is 1. The Labute approximate surface area is 157 Å². The maximum absolute atomic E-state index is 12.5. The van der Waals surface area contributed by atoms with Gasteiger partial charge < -0.3 is 4.74 Å². The van der Waals surface area contributed by atoms with Crippen molar-refractivity contribution in [2.45, 2.75) is 24.9 Å². The minimum absolute atomic E-state index is 0.0817. The second-order valence-electron chi connectivity index (χ2n) is 5.84. The molecule has 2 aromatic carbocycles. The molecule has 0 bridgehead atoms. The molecule has 26 heavy (non-hydrogen) atoms. The molecule has 0 spiro atoms. The molecule has 1 aromatic heterocycles. The van der Waals surface area contributed by atoms with E-state index in [0.717, 1.165) is 29.8 Å². The van der Waals surface area contributed by atoms with E-state index in [0.29, 0.717) is 10.9 Å². The number of methoxy groups -OCH3 is 1. The molecule has 6 heteroatoms. The molecular weight excluding hydrogens is 346 g/mol. The van der Waals surface area contributed by atoms with Gasteiger partial charge in [0.1, 0.15) is 12.1 Å². The van der Waals surface area contributed by atoms with Gasteiger partial charge in [0.2, 0.25) is 0 Å². The Hall–Kier alpha value is -2.60. The van der Waals surface area contributed by atoms with Crippen LogP contribution in [0.4, 0.5) is 0 Å². The van der Waals surface area contributed by atoms with E-state index in [-0.39, 0.29) is 5.78 Å². The van der Waals surface area contributed by atoms with Crippen molar-refractivity contribution >= 4 is 17.5 Å². The first-order chi connectivity index (χ1) is 12.7. The van der Waals surface area contributed by atoms with E-state index in [4.69, 9.17) is 4.74 Å². The summed E-state index contributed by atoms with van der Waals surface area (Å²) < 4.78 is 7.11. The minimum Gasteiger partial charge on any atom is -0.497 e. The van der Waals surface area contributed by atoms with Crippen molar-refractivity contribution in [3.05, 3.63) is 66.0 Å². The predicted molar refractivity (Wildman–Crippen MR) is 103 cm³/mol. The van der Waals surface area contributed by atoms with E-state index in [1.807, 2.05) is 53.1 Å². The molecule has 3 aromatic rings. The number of aryl methyl sites for hydroxylation is 1. The average molecular weight is 367 g/mol. The van der Waals surface area contributed by atoms with E-state index in [2.05, 4.69) is 17.1 Å². The maximum Gasteiger partial charge on any atom is 0.196 e. The standard InChI is InChI=1S/C20H21N3O2S/c1-3-5-15-8-10-16(11-9-15)19(24)13-26-20-22-21-14-23(20)17-6-4-7-18(12-17)25-2/h4,6-12,14H,3,5,13H2,1-2H3. The SMILES string of the molecule is CCCc1ccc(C(=O)CSc2nncn2-c2cccc(OC)c2)cc1. The van der Waals surface area contributed by atoms with Crippen LogP contribution in [0, 0.1) is 0 Å². The second-order valence-corrected chi connectivity index (χ2v) is 6.79. The highest BCUT2D eigenvalue weighted by molar-refractivity contribution is 7.99. The fraction of sp³-hybridized carbons (Fsp3) is 0.250. The molecule has 0 unspecified atom stereocenters. The zero-order valence-corrected chi connectivity index (χ0v) is 15.7. The number of carbonyl (C=O) groups is 1. The van der Waals surface area contributed by atoms with Crippen LogP contribution < -0.4 is 4.74 Å². The van der Waals surface area contributed by atoms with Crippen molar-refractivity contribution in [2.75, 3.05) is 12.9 Å². The monoisotopic (exact) mass is 367 g/mol. The lowest BCUT2D eigenvalue weighted by atomic mass is 10.1. The summed E-state index contributed by atoms with van der Waals surface area (Å²) in [5.74, 6) is 1.16. The van der Waals surface area contributed by atoms with E-state index in [9.17, 15) is 4.79 Å². The lowest BCUT2D eigenvalue weighted by Gasteiger charge is -2.08. The Bertz CT molecular complexity index is 875. The number of benzene rings is 2. The van der Waals surface area contributed by atoms with Crippen molar-refractivity contribution in [1.82, 2.24) is 14.8 Å². The highest BCUT2D eigenvalue weighted by atomic mass is 32.2. The number of aromatic nitrogens is 3. The molecule has 1 heterocycles. The summed E-state index contributed by atoms with van der Waals surface area (Å²) in [6, 6.07) is 15.5. The van der Waals surface area contributed by atoms with Crippen LogP contribution in [0.2, 0.25) is 0 Å². The molecule has 0 radical (unpaired) electrons. The van der Waals surface area contributed by atoms with Crippen LogP contribution in [0.25, 0.3) is 5.69 Å². The highest BCUT2D eigenvalue weighted by Gasteiger charge is 2.12. The number of ether oxygens (including phenoxy) is 1. The summed E-state index contributed by atoms with van der Waals surface area (Å²) in [6.07, 6.45) is 3.77. The van der Waals surface area contributed by atoms with Crippen LogP contribution in [-0.2, 0) is 6.42 Å². The van der Waals surface area contributed by atoms with Gasteiger partial charge in [0.25, 0.3) is 0 Å². The van der Waals surface area contributed by atoms with Crippen LogP contribution in [0.3, 0.4) is 0 Å². The van der Waals surface area contributed by atoms with Gasteiger partial charge in [-0.05, 0) is 24.1 Å². The van der Waals surface area contributed by atoms with Crippen molar-refractivity contribution in [3.63, 3.8) is 0 Å². The average Bonchev–Trinajstić information content (AvgIpc) is 3.15. The fourth-order valence-electron chi connectivity index (χ4n) is 2.62. The van der Waals surface area contributed by atoms with Crippen LogP contribution in [0.5, 0.6) is 5.75 Å². The first-order valence-corrected chi connectivity index (χ1v) is 9.49. The molecule has 134 valence electrons. The molecule has 0 amide bonds. The van der Waals surface area contributed by atoms with Crippen molar-refractivity contribution in [3.8, 4) is 11.4 Å². The third kappa shape index (κ3) is 4.32. The third-order valence-electron chi connectivity index (χ3n) is 3.99. The summed E-state index contributed by atoms with van der Waals surface area (Å²) in [6.45, 7) is 2.15. The minimum atomic E-state index is 0.0817. The first kappa shape index (κ1) is 18.2. The molecular formula is C20H21N3O2S. The van der Waals surface area contributed by atoms with Gasteiger partial charge >= 0.3 is 0 Å². The number of thioether (sulfide) groups is 1. The highest BCUT2D eigenvalue weighted by Crippen LogP contribution is 2.23. The molecule has 0 N–H and O–H groups in total. The number of hydrogen-bond acceptors (Lipinski definition) is 5.